The lowest BCUT2D eigenvalue weighted by molar-refractivity contribution is -0.384. The summed E-state index contributed by atoms with van der Waals surface area (Å²) in [7, 11) is -3.70. The molecule has 1 aliphatic carbocycles. The van der Waals surface area contributed by atoms with Crippen molar-refractivity contribution in [2.75, 3.05) is 0 Å². The Hall–Kier alpha value is -2.25. The molecule has 1 N–H and O–H groups in total. The molecule has 0 saturated heterocycles. The third-order valence-electron chi connectivity index (χ3n) is 3.79. The van der Waals surface area contributed by atoms with Crippen LogP contribution >= 0.6 is 0 Å². The first kappa shape index (κ1) is 14.7. The first-order chi connectivity index (χ1) is 10.5. The fourth-order valence-electron chi connectivity index (χ4n) is 2.68. The highest BCUT2D eigenvalue weighted by Gasteiger charge is 2.27. The number of hydrogen-bond acceptors (Lipinski definition) is 4. The van der Waals surface area contributed by atoms with E-state index in [9.17, 15) is 18.5 Å². The van der Waals surface area contributed by atoms with Crippen LogP contribution in [0.5, 0.6) is 0 Å². The second kappa shape index (κ2) is 5.51. The van der Waals surface area contributed by atoms with Crippen molar-refractivity contribution in [2.24, 2.45) is 0 Å². The van der Waals surface area contributed by atoms with Crippen molar-refractivity contribution in [3.63, 3.8) is 0 Å². The molecule has 6 nitrogen and oxygen atoms in total. The molecule has 114 valence electrons. The van der Waals surface area contributed by atoms with Gasteiger partial charge in [0.25, 0.3) is 5.69 Å². The third-order valence-corrected chi connectivity index (χ3v) is 5.28. The Bertz CT molecular complexity index is 816. The van der Waals surface area contributed by atoms with Crippen LogP contribution < -0.4 is 4.72 Å². The SMILES string of the molecule is O=[N+]([O-])c1ccc(S(=O)(=O)N[C@@H]2CCc3ccccc32)cc1. The summed E-state index contributed by atoms with van der Waals surface area (Å²) in [5.74, 6) is 0. The number of nitrogens with one attached hydrogen (secondary N) is 1. The van der Waals surface area contributed by atoms with Gasteiger partial charge in [-0.1, -0.05) is 24.3 Å². The summed E-state index contributed by atoms with van der Waals surface area (Å²) >= 11 is 0. The average molecular weight is 318 g/mol. The van der Waals surface area contributed by atoms with Crippen LogP contribution in [0.25, 0.3) is 0 Å². The molecule has 1 aliphatic rings. The van der Waals surface area contributed by atoms with Gasteiger partial charge < -0.3 is 0 Å². The Morgan fingerprint density at radius 2 is 1.77 bits per heavy atom. The normalized spacial score (nSPS) is 17.2. The highest BCUT2D eigenvalue weighted by Crippen LogP contribution is 2.32. The van der Waals surface area contributed by atoms with E-state index < -0.39 is 14.9 Å². The van der Waals surface area contributed by atoms with Crippen LogP contribution in [0.4, 0.5) is 5.69 Å². The highest BCUT2D eigenvalue weighted by molar-refractivity contribution is 7.89. The maximum Gasteiger partial charge on any atom is 0.269 e. The summed E-state index contributed by atoms with van der Waals surface area (Å²) in [5, 5.41) is 10.6. The molecule has 0 aliphatic heterocycles. The van der Waals surface area contributed by atoms with E-state index >= 15 is 0 Å². The van der Waals surface area contributed by atoms with Crippen molar-refractivity contribution in [3.8, 4) is 0 Å². The summed E-state index contributed by atoms with van der Waals surface area (Å²) in [5.41, 5.74) is 2.01. The second-order valence-electron chi connectivity index (χ2n) is 5.16. The number of hydrogen-bond donors (Lipinski definition) is 1. The second-order valence-corrected chi connectivity index (χ2v) is 6.88. The Balaban J connectivity index is 1.84. The quantitative estimate of drug-likeness (QED) is 0.693. The molecule has 0 spiro atoms. The van der Waals surface area contributed by atoms with Crippen LogP contribution in [0.15, 0.2) is 53.4 Å². The maximum absolute atomic E-state index is 12.4. The molecule has 0 bridgehead atoms. The van der Waals surface area contributed by atoms with Gasteiger partial charge in [0.05, 0.1) is 9.82 Å². The zero-order valence-electron chi connectivity index (χ0n) is 11.6. The summed E-state index contributed by atoms with van der Waals surface area (Å²) in [4.78, 5) is 10.1. The Morgan fingerprint density at radius 3 is 2.45 bits per heavy atom. The molecule has 1 atom stereocenters. The number of rotatable bonds is 4. The first-order valence-electron chi connectivity index (χ1n) is 6.82. The Kier molecular flexibility index (Phi) is 3.67. The predicted molar refractivity (Wildman–Crippen MR) is 80.9 cm³/mol. The predicted octanol–water partition coefficient (Wildman–Crippen LogP) is 2.56. The number of non-ortho nitro benzene ring substituents is 1. The highest BCUT2D eigenvalue weighted by atomic mass is 32.2. The number of fused-ring (bicyclic) bond motifs is 1. The molecule has 7 heteroatoms. The van der Waals surface area contributed by atoms with Gasteiger partial charge >= 0.3 is 0 Å². The van der Waals surface area contributed by atoms with Crippen molar-refractivity contribution in [1.82, 2.24) is 4.72 Å². The largest absolute Gasteiger partial charge is 0.269 e. The monoisotopic (exact) mass is 318 g/mol. The van der Waals surface area contributed by atoms with Gasteiger partial charge in [0.15, 0.2) is 0 Å². The first-order valence-corrected chi connectivity index (χ1v) is 8.30. The van der Waals surface area contributed by atoms with Crippen LogP contribution in [0, 0.1) is 10.1 Å². The number of nitro benzene ring substituents is 1. The van der Waals surface area contributed by atoms with Crippen LogP contribution in [-0.4, -0.2) is 13.3 Å². The van der Waals surface area contributed by atoms with Gasteiger partial charge in [0.2, 0.25) is 10.0 Å². The molecule has 0 aromatic heterocycles. The van der Waals surface area contributed by atoms with E-state index in [-0.39, 0.29) is 16.6 Å². The molecule has 0 radical (unpaired) electrons. The lowest BCUT2D eigenvalue weighted by Gasteiger charge is -2.14. The van der Waals surface area contributed by atoms with Crippen molar-refractivity contribution in [1.29, 1.82) is 0 Å². The molecular formula is C15H14N2O4S. The summed E-state index contributed by atoms with van der Waals surface area (Å²) in [6, 6.07) is 12.4. The van der Waals surface area contributed by atoms with E-state index in [2.05, 4.69) is 4.72 Å². The summed E-state index contributed by atoms with van der Waals surface area (Å²) in [6.45, 7) is 0. The van der Waals surface area contributed by atoms with Crippen LogP contribution in [0.3, 0.4) is 0 Å². The third kappa shape index (κ3) is 2.72. The van der Waals surface area contributed by atoms with Gasteiger partial charge in [-0.2, -0.15) is 0 Å². The van der Waals surface area contributed by atoms with Crippen molar-refractivity contribution in [2.45, 2.75) is 23.8 Å². The van der Waals surface area contributed by atoms with Gasteiger partial charge in [-0.05, 0) is 36.1 Å². The number of aryl methyl sites for hydroxylation is 1. The van der Waals surface area contributed by atoms with Crippen molar-refractivity contribution < 1.29 is 13.3 Å². The molecule has 0 unspecified atom stereocenters. The number of nitro groups is 1. The minimum Gasteiger partial charge on any atom is -0.258 e. The van der Waals surface area contributed by atoms with Crippen LogP contribution in [-0.2, 0) is 16.4 Å². The topological polar surface area (TPSA) is 89.3 Å². The number of nitrogens with zero attached hydrogens (tertiary/aromatic N) is 1. The molecule has 3 rings (SSSR count). The van der Waals surface area contributed by atoms with E-state index in [4.69, 9.17) is 0 Å². The lowest BCUT2D eigenvalue weighted by Crippen LogP contribution is -2.27. The van der Waals surface area contributed by atoms with Gasteiger partial charge in [0, 0.05) is 18.2 Å². The smallest absolute Gasteiger partial charge is 0.258 e. The zero-order chi connectivity index (χ0) is 15.7. The van der Waals surface area contributed by atoms with Crippen LogP contribution in [0.1, 0.15) is 23.6 Å². The van der Waals surface area contributed by atoms with Crippen molar-refractivity contribution >= 4 is 15.7 Å². The minimum atomic E-state index is -3.70. The van der Waals surface area contributed by atoms with Gasteiger partial charge in [-0.15, -0.1) is 0 Å². The minimum absolute atomic E-state index is 0.0301. The van der Waals surface area contributed by atoms with E-state index in [0.717, 1.165) is 17.5 Å². The van der Waals surface area contributed by atoms with Gasteiger partial charge in [0.1, 0.15) is 0 Å². The van der Waals surface area contributed by atoms with E-state index in [0.29, 0.717) is 6.42 Å². The molecule has 2 aromatic rings. The standard InChI is InChI=1S/C15H14N2O4S/c18-17(19)12-6-8-13(9-7-12)22(20,21)16-15-10-5-11-3-1-2-4-14(11)15/h1-4,6-9,15-16H,5,10H2/t15-/m1/s1. The molecular weight excluding hydrogens is 304 g/mol. The van der Waals surface area contributed by atoms with Crippen molar-refractivity contribution in [3.05, 3.63) is 69.8 Å². The number of sulfonamides is 1. The molecule has 0 saturated carbocycles. The molecule has 22 heavy (non-hydrogen) atoms. The van der Waals surface area contributed by atoms with E-state index in [1.165, 1.54) is 24.3 Å². The van der Waals surface area contributed by atoms with E-state index in [1.807, 2.05) is 24.3 Å². The Labute approximate surface area is 128 Å². The lowest BCUT2D eigenvalue weighted by atomic mass is 10.1. The average Bonchev–Trinajstić information content (AvgIpc) is 2.90. The molecule has 0 heterocycles. The summed E-state index contributed by atoms with van der Waals surface area (Å²) < 4.78 is 27.5. The fraction of sp³-hybridized carbons (Fsp3) is 0.200. The van der Waals surface area contributed by atoms with Gasteiger partial charge in [-0.25, -0.2) is 13.1 Å². The Morgan fingerprint density at radius 1 is 1.09 bits per heavy atom. The zero-order valence-corrected chi connectivity index (χ0v) is 12.4. The van der Waals surface area contributed by atoms with Crippen LogP contribution in [0.2, 0.25) is 0 Å². The summed E-state index contributed by atoms with van der Waals surface area (Å²) in [6.07, 6.45) is 1.55. The fourth-order valence-corrected chi connectivity index (χ4v) is 3.93. The molecule has 2 aromatic carbocycles. The number of benzene rings is 2. The molecule has 0 fully saturated rings. The maximum atomic E-state index is 12.4. The van der Waals surface area contributed by atoms with Gasteiger partial charge in [-0.3, -0.25) is 10.1 Å². The van der Waals surface area contributed by atoms with E-state index in [1.54, 1.807) is 0 Å². The molecule has 0 amide bonds.